The van der Waals surface area contributed by atoms with Gasteiger partial charge in [-0.25, -0.2) is 0 Å². The molecule has 1 aliphatic rings. The lowest BCUT2D eigenvalue weighted by Crippen LogP contribution is -2.45. The second-order valence-corrected chi connectivity index (χ2v) is 5.24. The molecule has 5 heteroatoms. The number of ether oxygens (including phenoxy) is 1. The number of nitrogen functional groups attached to an aromatic ring is 1. The highest BCUT2D eigenvalue weighted by molar-refractivity contribution is 6.00. The number of likely N-dealkylation sites (tertiary alicyclic amines) is 1. The van der Waals surface area contributed by atoms with E-state index in [4.69, 9.17) is 10.5 Å². The molecule has 0 bridgehead atoms. The van der Waals surface area contributed by atoms with E-state index in [-0.39, 0.29) is 18.6 Å². The minimum Gasteiger partial charge on any atom is -0.496 e. The topological polar surface area (TPSA) is 75.8 Å². The molecule has 1 aromatic rings. The first-order valence-electron chi connectivity index (χ1n) is 6.94. The number of aliphatic hydroxyl groups excluding tert-OH is 1. The lowest BCUT2D eigenvalue weighted by atomic mass is 10.00. The van der Waals surface area contributed by atoms with Crippen molar-refractivity contribution in [1.82, 2.24) is 4.90 Å². The summed E-state index contributed by atoms with van der Waals surface area (Å²) < 4.78 is 5.26. The first-order chi connectivity index (χ1) is 9.58. The van der Waals surface area contributed by atoms with Gasteiger partial charge < -0.3 is 20.5 Å². The van der Waals surface area contributed by atoms with Gasteiger partial charge in [0.15, 0.2) is 0 Å². The summed E-state index contributed by atoms with van der Waals surface area (Å²) in [6.45, 7) is 2.55. The van der Waals surface area contributed by atoms with Crippen molar-refractivity contribution in [3.05, 3.63) is 23.3 Å². The van der Waals surface area contributed by atoms with Crippen LogP contribution in [0.25, 0.3) is 0 Å². The molecule has 1 fully saturated rings. The standard InChI is InChI=1S/C15H22N2O3/c1-10-7-13(16)12(8-14(10)20-2)15(19)17-6-4-3-5-11(17)9-18/h7-8,11,18H,3-6,9,16H2,1-2H3/t11-/m0/s1. The molecule has 5 nitrogen and oxygen atoms in total. The second kappa shape index (κ2) is 6.13. The number of carbonyl (C=O) groups is 1. The number of hydrogen-bond acceptors (Lipinski definition) is 4. The van der Waals surface area contributed by atoms with E-state index >= 15 is 0 Å². The first kappa shape index (κ1) is 14.7. The molecule has 0 aliphatic carbocycles. The largest absolute Gasteiger partial charge is 0.496 e. The van der Waals surface area contributed by atoms with Crippen molar-refractivity contribution in [1.29, 1.82) is 0 Å². The molecule has 1 aliphatic heterocycles. The summed E-state index contributed by atoms with van der Waals surface area (Å²) in [4.78, 5) is 14.4. The SMILES string of the molecule is COc1cc(C(=O)N2CCCC[C@H]2CO)c(N)cc1C. The summed E-state index contributed by atoms with van der Waals surface area (Å²) in [7, 11) is 1.57. The summed E-state index contributed by atoms with van der Waals surface area (Å²) in [6, 6.07) is 3.34. The fourth-order valence-electron chi connectivity index (χ4n) is 2.73. The maximum atomic E-state index is 12.6. The summed E-state index contributed by atoms with van der Waals surface area (Å²) >= 11 is 0. The van der Waals surface area contributed by atoms with Crippen LogP contribution >= 0.6 is 0 Å². The molecule has 1 saturated heterocycles. The Morgan fingerprint density at radius 3 is 2.90 bits per heavy atom. The molecular formula is C15H22N2O3. The number of carbonyl (C=O) groups excluding carboxylic acids is 1. The Labute approximate surface area is 119 Å². The average molecular weight is 278 g/mol. The van der Waals surface area contributed by atoms with Crippen molar-refractivity contribution >= 4 is 11.6 Å². The smallest absolute Gasteiger partial charge is 0.256 e. The highest BCUT2D eigenvalue weighted by Crippen LogP contribution is 2.27. The third kappa shape index (κ3) is 2.72. The molecule has 0 aromatic heterocycles. The van der Waals surface area contributed by atoms with Crippen LogP contribution in [-0.2, 0) is 0 Å². The Balaban J connectivity index is 2.32. The Hall–Kier alpha value is -1.75. The first-order valence-corrected chi connectivity index (χ1v) is 6.94. The van der Waals surface area contributed by atoms with Crippen LogP contribution in [0, 0.1) is 6.92 Å². The number of piperidine rings is 1. The van der Waals surface area contributed by atoms with E-state index in [1.807, 2.05) is 6.92 Å². The number of hydrogen-bond donors (Lipinski definition) is 2. The quantitative estimate of drug-likeness (QED) is 0.823. The Morgan fingerprint density at radius 1 is 1.50 bits per heavy atom. The molecule has 0 unspecified atom stereocenters. The minimum atomic E-state index is -0.125. The maximum Gasteiger partial charge on any atom is 0.256 e. The number of benzene rings is 1. The molecule has 0 saturated carbocycles. The lowest BCUT2D eigenvalue weighted by Gasteiger charge is -2.35. The van der Waals surface area contributed by atoms with E-state index in [1.54, 1.807) is 24.1 Å². The van der Waals surface area contributed by atoms with E-state index in [2.05, 4.69) is 0 Å². The molecule has 0 spiro atoms. The fourth-order valence-corrected chi connectivity index (χ4v) is 2.73. The van der Waals surface area contributed by atoms with Gasteiger partial charge in [-0.1, -0.05) is 0 Å². The van der Waals surface area contributed by atoms with Gasteiger partial charge >= 0.3 is 0 Å². The number of anilines is 1. The van der Waals surface area contributed by atoms with Gasteiger partial charge in [-0.2, -0.15) is 0 Å². The minimum absolute atomic E-state index is 0.00532. The van der Waals surface area contributed by atoms with Crippen molar-refractivity contribution in [2.75, 3.05) is 26.0 Å². The third-order valence-electron chi connectivity index (χ3n) is 3.90. The molecular weight excluding hydrogens is 256 g/mol. The fraction of sp³-hybridized carbons (Fsp3) is 0.533. The molecule has 110 valence electrons. The van der Waals surface area contributed by atoms with Gasteiger partial charge in [-0.15, -0.1) is 0 Å². The summed E-state index contributed by atoms with van der Waals surface area (Å²) in [5, 5.41) is 9.42. The van der Waals surface area contributed by atoms with Crippen LogP contribution in [0.15, 0.2) is 12.1 Å². The predicted octanol–water partition coefficient (Wildman–Crippen LogP) is 1.57. The van der Waals surface area contributed by atoms with Gasteiger partial charge in [0, 0.05) is 12.2 Å². The number of nitrogens with two attached hydrogens (primary N) is 1. The molecule has 0 radical (unpaired) electrons. The van der Waals surface area contributed by atoms with Crippen LogP contribution in [0.4, 0.5) is 5.69 Å². The zero-order valence-corrected chi connectivity index (χ0v) is 12.1. The van der Waals surface area contributed by atoms with E-state index < -0.39 is 0 Å². The normalized spacial score (nSPS) is 18.9. The molecule has 1 aromatic carbocycles. The summed E-state index contributed by atoms with van der Waals surface area (Å²) in [5.74, 6) is 0.527. The van der Waals surface area contributed by atoms with Gasteiger partial charge in [0.05, 0.1) is 25.3 Å². The van der Waals surface area contributed by atoms with E-state index in [0.29, 0.717) is 23.5 Å². The van der Waals surface area contributed by atoms with Crippen LogP contribution in [0.1, 0.15) is 35.2 Å². The van der Waals surface area contributed by atoms with Crippen LogP contribution in [0.3, 0.4) is 0 Å². The number of nitrogens with zero attached hydrogens (tertiary/aromatic N) is 1. The van der Waals surface area contributed by atoms with Crippen LogP contribution < -0.4 is 10.5 Å². The van der Waals surface area contributed by atoms with Crippen molar-refractivity contribution in [2.24, 2.45) is 0 Å². The van der Waals surface area contributed by atoms with E-state index in [0.717, 1.165) is 24.8 Å². The molecule has 2 rings (SSSR count). The highest BCUT2D eigenvalue weighted by Gasteiger charge is 2.28. The van der Waals surface area contributed by atoms with Gasteiger partial charge in [0.1, 0.15) is 5.75 Å². The van der Waals surface area contributed by atoms with Gasteiger partial charge in [-0.05, 0) is 43.9 Å². The Morgan fingerprint density at radius 2 is 2.25 bits per heavy atom. The summed E-state index contributed by atoms with van der Waals surface area (Å²) in [6.07, 6.45) is 2.85. The molecule has 1 heterocycles. The van der Waals surface area contributed by atoms with Crippen LogP contribution in [-0.4, -0.2) is 42.2 Å². The van der Waals surface area contributed by atoms with Crippen molar-refractivity contribution < 1.29 is 14.6 Å². The Bertz CT molecular complexity index is 502. The van der Waals surface area contributed by atoms with Crippen LogP contribution in [0.5, 0.6) is 5.75 Å². The number of rotatable bonds is 3. The Kier molecular flexibility index (Phi) is 4.49. The van der Waals surface area contributed by atoms with E-state index in [1.165, 1.54) is 0 Å². The zero-order chi connectivity index (χ0) is 14.7. The number of aryl methyl sites for hydroxylation is 1. The van der Waals surface area contributed by atoms with Crippen LogP contribution in [0.2, 0.25) is 0 Å². The van der Waals surface area contributed by atoms with Crippen molar-refractivity contribution in [2.45, 2.75) is 32.2 Å². The van der Waals surface area contributed by atoms with Gasteiger partial charge in [0.25, 0.3) is 5.91 Å². The van der Waals surface area contributed by atoms with Gasteiger partial charge in [0.2, 0.25) is 0 Å². The molecule has 3 N–H and O–H groups in total. The monoisotopic (exact) mass is 278 g/mol. The summed E-state index contributed by atoms with van der Waals surface area (Å²) in [5.41, 5.74) is 7.78. The molecule has 20 heavy (non-hydrogen) atoms. The second-order valence-electron chi connectivity index (χ2n) is 5.24. The zero-order valence-electron chi connectivity index (χ0n) is 12.1. The highest BCUT2D eigenvalue weighted by atomic mass is 16.5. The number of aliphatic hydroxyl groups is 1. The van der Waals surface area contributed by atoms with Crippen molar-refractivity contribution in [3.8, 4) is 5.75 Å². The maximum absolute atomic E-state index is 12.6. The third-order valence-corrected chi connectivity index (χ3v) is 3.90. The van der Waals surface area contributed by atoms with Crippen molar-refractivity contribution in [3.63, 3.8) is 0 Å². The van der Waals surface area contributed by atoms with E-state index in [9.17, 15) is 9.90 Å². The predicted molar refractivity (Wildman–Crippen MR) is 77.9 cm³/mol. The number of amides is 1. The number of methoxy groups -OCH3 is 1. The lowest BCUT2D eigenvalue weighted by molar-refractivity contribution is 0.0504. The molecule has 1 amide bonds. The molecule has 1 atom stereocenters. The average Bonchev–Trinajstić information content (AvgIpc) is 2.46. The van der Waals surface area contributed by atoms with Gasteiger partial charge in [-0.3, -0.25) is 4.79 Å².